The third kappa shape index (κ3) is 9.26. The molecule has 0 aliphatic rings. The van der Waals surface area contributed by atoms with E-state index < -0.39 is 0 Å². The van der Waals surface area contributed by atoms with Crippen LogP contribution in [0.5, 0.6) is 0 Å². The van der Waals surface area contributed by atoms with Crippen molar-refractivity contribution in [3.8, 4) is 0 Å². The second kappa shape index (κ2) is 12.7. The first-order valence-electron chi connectivity index (χ1n) is 7.58. The van der Waals surface area contributed by atoms with Crippen LogP contribution in [0.25, 0.3) is 0 Å². The molecule has 0 saturated carbocycles. The lowest BCUT2D eigenvalue weighted by atomic mass is 10.0. The van der Waals surface area contributed by atoms with Crippen molar-refractivity contribution in [2.24, 2.45) is 0 Å². The van der Waals surface area contributed by atoms with E-state index in [1.807, 2.05) is 19.9 Å². The molecule has 0 fully saturated rings. The first kappa shape index (κ1) is 17.2. The van der Waals surface area contributed by atoms with E-state index in [4.69, 9.17) is 4.74 Å². The summed E-state index contributed by atoms with van der Waals surface area (Å²) in [6.07, 6.45) is 13.1. The van der Waals surface area contributed by atoms with Gasteiger partial charge >= 0.3 is 5.97 Å². The summed E-state index contributed by atoms with van der Waals surface area (Å²) in [5.41, 5.74) is 0.836. The highest BCUT2D eigenvalue weighted by atomic mass is 16.5. The normalized spacial score (nSPS) is 11.6. The van der Waals surface area contributed by atoms with E-state index in [2.05, 4.69) is 6.92 Å². The number of esters is 1. The summed E-state index contributed by atoms with van der Waals surface area (Å²) in [6.45, 7) is 6.47. The summed E-state index contributed by atoms with van der Waals surface area (Å²) in [5, 5.41) is 0. The zero-order valence-electron chi connectivity index (χ0n) is 12.5. The van der Waals surface area contributed by atoms with Crippen LogP contribution >= 0.6 is 0 Å². The molecule has 0 atom stereocenters. The van der Waals surface area contributed by atoms with Gasteiger partial charge in [0.1, 0.15) is 0 Å². The predicted octanol–water partition coefficient (Wildman–Crippen LogP) is 5.03. The van der Waals surface area contributed by atoms with Crippen LogP contribution in [0.3, 0.4) is 0 Å². The molecule has 0 heterocycles. The second-order valence-electron chi connectivity index (χ2n) is 4.76. The topological polar surface area (TPSA) is 26.3 Å². The van der Waals surface area contributed by atoms with Gasteiger partial charge in [0.25, 0.3) is 0 Å². The van der Waals surface area contributed by atoms with Crippen molar-refractivity contribution in [2.45, 2.75) is 78.6 Å². The lowest BCUT2D eigenvalue weighted by Crippen LogP contribution is -2.07. The number of unbranched alkanes of at least 4 members (excludes halogenated alkanes) is 7. The van der Waals surface area contributed by atoms with Crippen LogP contribution in [0.15, 0.2) is 11.6 Å². The highest BCUT2D eigenvalue weighted by Gasteiger charge is 2.08. The van der Waals surface area contributed by atoms with Crippen molar-refractivity contribution < 1.29 is 9.53 Å². The molecule has 0 aliphatic heterocycles. The largest absolute Gasteiger partial charge is 0.463 e. The molecule has 2 heteroatoms. The molecule has 0 N–H and O–H groups in total. The van der Waals surface area contributed by atoms with Crippen molar-refractivity contribution in [1.29, 1.82) is 0 Å². The molecule has 0 amide bonds. The van der Waals surface area contributed by atoms with Crippen molar-refractivity contribution in [1.82, 2.24) is 0 Å². The van der Waals surface area contributed by atoms with Gasteiger partial charge in [0, 0.05) is 5.57 Å². The monoisotopic (exact) mass is 254 g/mol. The van der Waals surface area contributed by atoms with E-state index in [0.717, 1.165) is 18.4 Å². The molecule has 18 heavy (non-hydrogen) atoms. The second-order valence-corrected chi connectivity index (χ2v) is 4.76. The number of carbonyl (C=O) groups excluding carboxylic acids is 1. The molecule has 0 bridgehead atoms. The number of allylic oxidation sites excluding steroid dienone is 1. The SMILES string of the molecule is C/C=C(\CCCCCCCCCC)C(=O)OCC. The number of rotatable bonds is 11. The highest BCUT2D eigenvalue weighted by molar-refractivity contribution is 5.88. The standard InChI is InChI=1S/C16H30O2/c1-4-7-8-9-10-11-12-13-14-15(5-2)16(17)18-6-3/h5H,4,6-14H2,1-3H3/b15-5+. The van der Waals surface area contributed by atoms with Crippen LogP contribution in [-0.2, 0) is 9.53 Å². The Bertz CT molecular complexity index is 231. The maximum atomic E-state index is 11.5. The van der Waals surface area contributed by atoms with Gasteiger partial charge in [-0.1, -0.05) is 57.9 Å². The van der Waals surface area contributed by atoms with Crippen molar-refractivity contribution in [3.63, 3.8) is 0 Å². The van der Waals surface area contributed by atoms with Gasteiger partial charge in [0.2, 0.25) is 0 Å². The van der Waals surface area contributed by atoms with Gasteiger partial charge < -0.3 is 4.74 Å². The van der Waals surface area contributed by atoms with Crippen molar-refractivity contribution >= 4 is 5.97 Å². The van der Waals surface area contributed by atoms with E-state index >= 15 is 0 Å². The molecule has 0 spiro atoms. The minimum Gasteiger partial charge on any atom is -0.463 e. The number of hydrogen-bond donors (Lipinski definition) is 0. The summed E-state index contributed by atoms with van der Waals surface area (Å²) < 4.78 is 5.01. The van der Waals surface area contributed by atoms with Crippen LogP contribution in [-0.4, -0.2) is 12.6 Å². The van der Waals surface area contributed by atoms with Gasteiger partial charge in [-0.2, -0.15) is 0 Å². The fourth-order valence-electron chi connectivity index (χ4n) is 2.04. The average Bonchev–Trinajstić information content (AvgIpc) is 2.37. The molecular formula is C16H30O2. The predicted molar refractivity (Wildman–Crippen MR) is 77.6 cm³/mol. The van der Waals surface area contributed by atoms with Crippen LogP contribution in [0.2, 0.25) is 0 Å². The third-order valence-electron chi connectivity index (χ3n) is 3.19. The highest BCUT2D eigenvalue weighted by Crippen LogP contribution is 2.13. The molecular weight excluding hydrogens is 224 g/mol. The minimum absolute atomic E-state index is 0.136. The van der Waals surface area contributed by atoms with E-state index in [0.29, 0.717) is 6.61 Å². The van der Waals surface area contributed by atoms with Gasteiger partial charge in [0.05, 0.1) is 6.61 Å². The molecule has 0 aromatic heterocycles. The molecule has 2 nitrogen and oxygen atoms in total. The zero-order chi connectivity index (χ0) is 13.6. The molecule has 0 aliphatic carbocycles. The molecule has 106 valence electrons. The van der Waals surface area contributed by atoms with Crippen LogP contribution in [0, 0.1) is 0 Å². The van der Waals surface area contributed by atoms with Crippen molar-refractivity contribution in [3.05, 3.63) is 11.6 Å². The third-order valence-corrected chi connectivity index (χ3v) is 3.19. The van der Waals surface area contributed by atoms with Gasteiger partial charge in [-0.3, -0.25) is 0 Å². The van der Waals surface area contributed by atoms with E-state index in [1.165, 1.54) is 44.9 Å². The summed E-state index contributed by atoms with van der Waals surface area (Å²) in [4.78, 5) is 11.5. The van der Waals surface area contributed by atoms with Gasteiger partial charge in [-0.15, -0.1) is 0 Å². The summed E-state index contributed by atoms with van der Waals surface area (Å²) in [7, 11) is 0. The lowest BCUT2D eigenvalue weighted by Gasteiger charge is -2.06. The van der Waals surface area contributed by atoms with E-state index in [9.17, 15) is 4.79 Å². The Morgan fingerprint density at radius 3 is 2.00 bits per heavy atom. The quantitative estimate of drug-likeness (QED) is 0.294. The number of ether oxygens (including phenoxy) is 1. The number of carbonyl (C=O) groups is 1. The maximum absolute atomic E-state index is 11.5. The maximum Gasteiger partial charge on any atom is 0.333 e. The first-order valence-corrected chi connectivity index (χ1v) is 7.58. The fraction of sp³-hybridized carbons (Fsp3) is 0.812. The number of hydrogen-bond acceptors (Lipinski definition) is 2. The molecule has 0 rings (SSSR count). The summed E-state index contributed by atoms with van der Waals surface area (Å²) in [6, 6.07) is 0. The van der Waals surface area contributed by atoms with Crippen LogP contribution < -0.4 is 0 Å². The Morgan fingerprint density at radius 2 is 1.50 bits per heavy atom. The molecule has 0 saturated heterocycles. The fourth-order valence-corrected chi connectivity index (χ4v) is 2.04. The minimum atomic E-state index is -0.136. The Labute approximate surface area is 113 Å². The molecule has 0 aromatic carbocycles. The molecule has 0 radical (unpaired) electrons. The molecule has 0 aromatic rings. The smallest absolute Gasteiger partial charge is 0.333 e. The zero-order valence-corrected chi connectivity index (χ0v) is 12.5. The Morgan fingerprint density at radius 1 is 0.944 bits per heavy atom. The molecule has 0 unspecified atom stereocenters. The average molecular weight is 254 g/mol. The van der Waals surface area contributed by atoms with Crippen LogP contribution in [0.1, 0.15) is 78.6 Å². The lowest BCUT2D eigenvalue weighted by molar-refractivity contribution is -0.138. The Kier molecular flexibility index (Phi) is 12.1. The summed E-state index contributed by atoms with van der Waals surface area (Å²) >= 11 is 0. The van der Waals surface area contributed by atoms with E-state index in [-0.39, 0.29) is 5.97 Å². The Hall–Kier alpha value is -0.790. The van der Waals surface area contributed by atoms with Gasteiger partial charge in [-0.05, 0) is 26.7 Å². The van der Waals surface area contributed by atoms with Crippen LogP contribution in [0.4, 0.5) is 0 Å². The summed E-state index contributed by atoms with van der Waals surface area (Å²) in [5.74, 6) is -0.136. The van der Waals surface area contributed by atoms with Crippen molar-refractivity contribution in [2.75, 3.05) is 6.61 Å². The van der Waals surface area contributed by atoms with Gasteiger partial charge in [-0.25, -0.2) is 4.79 Å². The Balaban J connectivity index is 3.49. The van der Waals surface area contributed by atoms with E-state index in [1.54, 1.807) is 0 Å². The first-order chi connectivity index (χ1) is 8.76. The van der Waals surface area contributed by atoms with Gasteiger partial charge in [0.15, 0.2) is 0 Å².